The minimum absolute atomic E-state index is 0.114. The van der Waals surface area contributed by atoms with E-state index in [-0.39, 0.29) is 30.0 Å². The van der Waals surface area contributed by atoms with Crippen LogP contribution in [-0.4, -0.2) is 41.5 Å². The summed E-state index contributed by atoms with van der Waals surface area (Å²) in [6.45, 7) is -0.144. The van der Waals surface area contributed by atoms with E-state index in [1.807, 2.05) is 24.3 Å². The molecule has 1 aliphatic rings. The summed E-state index contributed by atoms with van der Waals surface area (Å²) in [5.41, 5.74) is 2.68. The van der Waals surface area contributed by atoms with E-state index in [0.29, 0.717) is 29.8 Å². The van der Waals surface area contributed by atoms with Crippen molar-refractivity contribution in [3.8, 4) is 5.75 Å². The zero-order chi connectivity index (χ0) is 19.7. The number of amides is 2. The lowest BCUT2D eigenvalue weighted by Crippen LogP contribution is -2.42. The molecule has 1 atom stereocenters. The highest BCUT2D eigenvalue weighted by Gasteiger charge is 2.25. The SMILES string of the molecule is COc1cccc2[nH]c(C(=O)NCC(=O)NC3Cc4cc[nH]c(=O)c4C3)cc12. The summed E-state index contributed by atoms with van der Waals surface area (Å²) in [4.78, 5) is 42.0. The van der Waals surface area contributed by atoms with Gasteiger partial charge in [-0.3, -0.25) is 14.4 Å². The van der Waals surface area contributed by atoms with Gasteiger partial charge >= 0.3 is 0 Å². The minimum atomic E-state index is -0.375. The molecule has 8 nitrogen and oxygen atoms in total. The first-order valence-electron chi connectivity index (χ1n) is 8.98. The molecule has 0 bridgehead atoms. The molecule has 1 aliphatic carbocycles. The average Bonchev–Trinajstić information content (AvgIpc) is 3.30. The zero-order valence-electron chi connectivity index (χ0n) is 15.3. The monoisotopic (exact) mass is 380 g/mol. The van der Waals surface area contributed by atoms with Crippen LogP contribution in [0.4, 0.5) is 0 Å². The van der Waals surface area contributed by atoms with E-state index < -0.39 is 0 Å². The molecule has 0 fully saturated rings. The molecule has 1 aromatic carbocycles. The molecule has 0 saturated heterocycles. The fourth-order valence-corrected chi connectivity index (χ4v) is 3.61. The first kappa shape index (κ1) is 17.8. The van der Waals surface area contributed by atoms with Crippen molar-refractivity contribution in [3.63, 3.8) is 0 Å². The number of nitrogens with one attached hydrogen (secondary N) is 4. The zero-order valence-corrected chi connectivity index (χ0v) is 15.3. The third-order valence-electron chi connectivity index (χ3n) is 4.94. The van der Waals surface area contributed by atoms with Gasteiger partial charge in [-0.2, -0.15) is 0 Å². The lowest BCUT2D eigenvalue weighted by atomic mass is 10.2. The highest BCUT2D eigenvalue weighted by Crippen LogP contribution is 2.25. The molecule has 0 radical (unpaired) electrons. The van der Waals surface area contributed by atoms with Crippen molar-refractivity contribution in [2.24, 2.45) is 0 Å². The Morgan fingerprint density at radius 1 is 1.25 bits per heavy atom. The Kier molecular flexibility index (Phi) is 4.60. The van der Waals surface area contributed by atoms with Crippen LogP contribution in [0.15, 0.2) is 41.3 Å². The summed E-state index contributed by atoms with van der Waals surface area (Å²) in [5, 5.41) is 6.28. The van der Waals surface area contributed by atoms with Gasteiger partial charge in [-0.05, 0) is 42.7 Å². The fourth-order valence-electron chi connectivity index (χ4n) is 3.61. The maximum absolute atomic E-state index is 12.4. The molecule has 0 saturated carbocycles. The van der Waals surface area contributed by atoms with Gasteiger partial charge in [0.05, 0.1) is 13.7 Å². The number of fused-ring (bicyclic) bond motifs is 2. The first-order valence-corrected chi connectivity index (χ1v) is 8.98. The number of carbonyl (C=O) groups excluding carboxylic acids is 2. The number of H-pyrrole nitrogens is 2. The van der Waals surface area contributed by atoms with Crippen LogP contribution in [0.2, 0.25) is 0 Å². The van der Waals surface area contributed by atoms with Crippen molar-refractivity contribution < 1.29 is 14.3 Å². The Morgan fingerprint density at radius 3 is 2.89 bits per heavy atom. The molecular weight excluding hydrogens is 360 g/mol. The topological polar surface area (TPSA) is 116 Å². The second-order valence-corrected chi connectivity index (χ2v) is 6.77. The smallest absolute Gasteiger partial charge is 0.268 e. The largest absolute Gasteiger partial charge is 0.496 e. The van der Waals surface area contributed by atoms with Crippen molar-refractivity contribution in [2.45, 2.75) is 18.9 Å². The molecule has 4 rings (SSSR count). The summed E-state index contributed by atoms with van der Waals surface area (Å²) in [7, 11) is 1.57. The second kappa shape index (κ2) is 7.22. The summed E-state index contributed by atoms with van der Waals surface area (Å²) in [6.07, 6.45) is 2.72. The molecule has 3 aromatic rings. The highest BCUT2D eigenvalue weighted by atomic mass is 16.5. The molecule has 2 aromatic heterocycles. The molecular formula is C20H20N4O4. The number of hydrogen-bond donors (Lipinski definition) is 4. The number of benzene rings is 1. The lowest BCUT2D eigenvalue weighted by Gasteiger charge is -2.12. The molecule has 1 unspecified atom stereocenters. The predicted molar refractivity (Wildman–Crippen MR) is 104 cm³/mol. The van der Waals surface area contributed by atoms with Crippen LogP contribution in [0.1, 0.15) is 21.6 Å². The maximum atomic E-state index is 12.4. The molecule has 28 heavy (non-hydrogen) atoms. The average molecular weight is 380 g/mol. The molecule has 8 heteroatoms. The van der Waals surface area contributed by atoms with Crippen LogP contribution < -0.4 is 20.9 Å². The standard InChI is InChI=1S/C20H20N4O4/c1-28-17-4-2-3-15-14(17)9-16(24-15)20(27)22-10-18(25)23-12-7-11-5-6-21-19(26)13(11)8-12/h2-6,9,12,24H,7-8,10H2,1H3,(H,21,26)(H,22,27)(H,23,25). The van der Waals surface area contributed by atoms with Crippen molar-refractivity contribution in [1.82, 2.24) is 20.6 Å². The van der Waals surface area contributed by atoms with E-state index in [2.05, 4.69) is 20.6 Å². The van der Waals surface area contributed by atoms with Gasteiger partial charge in [0.1, 0.15) is 11.4 Å². The van der Waals surface area contributed by atoms with Gasteiger partial charge in [-0.15, -0.1) is 0 Å². The van der Waals surface area contributed by atoms with Crippen LogP contribution in [0.3, 0.4) is 0 Å². The summed E-state index contributed by atoms with van der Waals surface area (Å²) in [6, 6.07) is 8.91. The Balaban J connectivity index is 1.35. The Hall–Kier alpha value is -3.55. The van der Waals surface area contributed by atoms with Gasteiger partial charge in [0.25, 0.3) is 11.5 Å². The molecule has 2 amide bonds. The van der Waals surface area contributed by atoms with Crippen molar-refractivity contribution in [1.29, 1.82) is 0 Å². The molecule has 0 aliphatic heterocycles. The molecule has 0 spiro atoms. The van der Waals surface area contributed by atoms with E-state index in [0.717, 1.165) is 16.5 Å². The van der Waals surface area contributed by atoms with Gasteiger partial charge in [-0.1, -0.05) is 6.07 Å². The first-order chi connectivity index (χ1) is 13.5. The minimum Gasteiger partial charge on any atom is -0.496 e. The molecule has 4 N–H and O–H groups in total. The lowest BCUT2D eigenvalue weighted by molar-refractivity contribution is -0.120. The van der Waals surface area contributed by atoms with Gasteiger partial charge in [0, 0.05) is 28.7 Å². The number of aromatic amines is 2. The van der Waals surface area contributed by atoms with Crippen LogP contribution in [0.25, 0.3) is 10.9 Å². The maximum Gasteiger partial charge on any atom is 0.268 e. The molecule has 144 valence electrons. The quantitative estimate of drug-likeness (QED) is 0.526. The van der Waals surface area contributed by atoms with E-state index in [1.165, 1.54) is 0 Å². The van der Waals surface area contributed by atoms with Crippen LogP contribution in [0, 0.1) is 0 Å². The number of rotatable bonds is 5. The van der Waals surface area contributed by atoms with Crippen LogP contribution in [-0.2, 0) is 17.6 Å². The van der Waals surface area contributed by atoms with E-state index in [1.54, 1.807) is 19.4 Å². The van der Waals surface area contributed by atoms with Gasteiger partial charge < -0.3 is 25.3 Å². The molecule has 2 heterocycles. The summed E-state index contributed by atoms with van der Waals surface area (Å²) >= 11 is 0. The van der Waals surface area contributed by atoms with Crippen LogP contribution >= 0.6 is 0 Å². The Morgan fingerprint density at radius 2 is 2.11 bits per heavy atom. The fraction of sp³-hybridized carbons (Fsp3) is 0.250. The van der Waals surface area contributed by atoms with Gasteiger partial charge in [-0.25, -0.2) is 0 Å². The Labute approximate surface area is 160 Å². The summed E-state index contributed by atoms with van der Waals surface area (Å²) < 4.78 is 5.29. The van der Waals surface area contributed by atoms with Crippen LogP contribution in [0.5, 0.6) is 5.75 Å². The number of hydrogen-bond acceptors (Lipinski definition) is 4. The second-order valence-electron chi connectivity index (χ2n) is 6.77. The van der Waals surface area contributed by atoms with Crippen molar-refractivity contribution in [2.75, 3.05) is 13.7 Å². The number of pyridine rings is 1. The number of carbonyl (C=O) groups is 2. The van der Waals surface area contributed by atoms with Gasteiger partial charge in [0.15, 0.2) is 0 Å². The van der Waals surface area contributed by atoms with E-state index >= 15 is 0 Å². The third kappa shape index (κ3) is 3.36. The highest BCUT2D eigenvalue weighted by molar-refractivity contribution is 6.00. The predicted octanol–water partition coefficient (Wildman–Crippen LogP) is 0.878. The third-order valence-corrected chi connectivity index (χ3v) is 4.94. The van der Waals surface area contributed by atoms with Gasteiger partial charge in [0.2, 0.25) is 5.91 Å². The van der Waals surface area contributed by atoms with E-state index in [4.69, 9.17) is 4.74 Å². The Bertz CT molecular complexity index is 1110. The van der Waals surface area contributed by atoms with Crippen molar-refractivity contribution >= 4 is 22.7 Å². The summed E-state index contributed by atoms with van der Waals surface area (Å²) in [5.74, 6) is -0.00263. The number of aromatic nitrogens is 2. The normalized spacial score (nSPS) is 15.2. The number of ether oxygens (including phenoxy) is 1. The van der Waals surface area contributed by atoms with E-state index in [9.17, 15) is 14.4 Å². The number of methoxy groups -OCH3 is 1. The van der Waals surface area contributed by atoms with Crippen molar-refractivity contribution in [3.05, 3.63) is 63.7 Å².